The molecule has 1 unspecified atom stereocenters. The van der Waals surface area contributed by atoms with Crippen LogP contribution < -0.4 is 4.72 Å². The van der Waals surface area contributed by atoms with Crippen LogP contribution in [0, 0.1) is 12.7 Å². The Balaban J connectivity index is 1.89. The number of benzene rings is 2. The van der Waals surface area contributed by atoms with E-state index in [9.17, 15) is 12.8 Å². The maximum Gasteiger partial charge on any atom is 0.241 e. The van der Waals surface area contributed by atoms with Crippen molar-refractivity contribution in [2.75, 3.05) is 0 Å². The summed E-state index contributed by atoms with van der Waals surface area (Å²) in [5.41, 5.74) is 0.968. The highest BCUT2D eigenvalue weighted by Crippen LogP contribution is 2.19. The van der Waals surface area contributed by atoms with Gasteiger partial charge in [0, 0.05) is 0 Å². The maximum atomic E-state index is 13.4. The molecule has 0 amide bonds. The molecule has 25 heavy (non-hydrogen) atoms. The lowest BCUT2D eigenvalue weighted by Gasteiger charge is -2.14. The van der Waals surface area contributed by atoms with E-state index in [2.05, 4.69) is 20.2 Å². The van der Waals surface area contributed by atoms with E-state index in [1.54, 1.807) is 6.92 Å². The predicted octanol–water partition coefficient (Wildman–Crippen LogP) is 2.15. The number of nitrogens with zero attached hydrogens (tertiary/aromatic N) is 4. The van der Waals surface area contributed by atoms with E-state index in [4.69, 9.17) is 0 Å². The van der Waals surface area contributed by atoms with Gasteiger partial charge in [-0.3, -0.25) is 0 Å². The van der Waals surface area contributed by atoms with Crippen LogP contribution in [0.4, 0.5) is 4.39 Å². The monoisotopic (exact) mass is 361 g/mol. The molecule has 0 aliphatic carbocycles. The van der Waals surface area contributed by atoms with Crippen LogP contribution in [-0.4, -0.2) is 28.6 Å². The van der Waals surface area contributed by atoms with Crippen molar-refractivity contribution in [3.05, 3.63) is 65.7 Å². The molecule has 1 heterocycles. The van der Waals surface area contributed by atoms with Crippen LogP contribution in [0.15, 0.2) is 53.4 Å². The molecule has 2 aromatic carbocycles. The molecule has 1 aromatic heterocycles. The lowest BCUT2D eigenvalue weighted by atomic mass is 10.2. The molecule has 0 saturated heterocycles. The average Bonchev–Trinajstić information content (AvgIpc) is 3.07. The van der Waals surface area contributed by atoms with Gasteiger partial charge < -0.3 is 0 Å². The first-order chi connectivity index (χ1) is 11.9. The van der Waals surface area contributed by atoms with Crippen LogP contribution in [0.2, 0.25) is 0 Å². The highest BCUT2D eigenvalue weighted by atomic mass is 32.2. The van der Waals surface area contributed by atoms with E-state index in [1.165, 1.54) is 23.7 Å². The molecule has 0 spiro atoms. The zero-order chi connectivity index (χ0) is 18.0. The standard InChI is InChI=1S/C16H16FN5O2S/c1-11-10-14(8-9-15(11)17)25(23,24)19-12(2)16-18-20-21-22(16)13-6-4-3-5-7-13/h3-10,12,19H,1-2H3. The van der Waals surface area contributed by atoms with Crippen molar-refractivity contribution in [3.8, 4) is 5.69 Å². The van der Waals surface area contributed by atoms with Crippen LogP contribution in [0.25, 0.3) is 5.69 Å². The van der Waals surface area contributed by atoms with Gasteiger partial charge in [-0.1, -0.05) is 18.2 Å². The lowest BCUT2D eigenvalue weighted by molar-refractivity contribution is 0.554. The topological polar surface area (TPSA) is 89.8 Å². The SMILES string of the molecule is Cc1cc(S(=O)(=O)NC(C)c2nnnn2-c2ccccc2)ccc1F. The molecule has 0 bridgehead atoms. The third-order valence-corrected chi connectivity index (χ3v) is 5.19. The van der Waals surface area contributed by atoms with Crippen molar-refractivity contribution in [1.82, 2.24) is 24.9 Å². The van der Waals surface area contributed by atoms with Crippen molar-refractivity contribution in [3.63, 3.8) is 0 Å². The summed E-state index contributed by atoms with van der Waals surface area (Å²) in [4.78, 5) is -0.0167. The fourth-order valence-electron chi connectivity index (χ4n) is 2.35. The van der Waals surface area contributed by atoms with Gasteiger partial charge in [-0.15, -0.1) is 5.10 Å². The molecule has 0 aliphatic heterocycles. The Hall–Kier alpha value is -2.65. The van der Waals surface area contributed by atoms with E-state index < -0.39 is 21.9 Å². The number of nitrogens with one attached hydrogen (secondary N) is 1. The summed E-state index contributed by atoms with van der Waals surface area (Å²) in [6.45, 7) is 3.15. The Kier molecular flexibility index (Phi) is 4.60. The smallest absolute Gasteiger partial charge is 0.207 e. The minimum atomic E-state index is -3.85. The lowest BCUT2D eigenvalue weighted by Crippen LogP contribution is -2.29. The summed E-state index contributed by atoms with van der Waals surface area (Å²) in [6.07, 6.45) is 0. The second-order valence-electron chi connectivity index (χ2n) is 5.54. The van der Waals surface area contributed by atoms with Gasteiger partial charge in [-0.25, -0.2) is 17.5 Å². The van der Waals surface area contributed by atoms with Gasteiger partial charge in [-0.05, 0) is 60.2 Å². The van der Waals surface area contributed by atoms with E-state index in [1.807, 2.05) is 30.3 Å². The number of hydrogen-bond acceptors (Lipinski definition) is 5. The first-order valence-electron chi connectivity index (χ1n) is 7.50. The van der Waals surface area contributed by atoms with E-state index in [0.717, 1.165) is 6.07 Å². The molecule has 3 aromatic rings. The Bertz CT molecular complexity index is 989. The minimum Gasteiger partial charge on any atom is -0.207 e. The quantitative estimate of drug-likeness (QED) is 0.752. The molecule has 7 nitrogen and oxygen atoms in total. The molecule has 0 aliphatic rings. The normalized spacial score (nSPS) is 12.9. The molecule has 130 valence electrons. The second-order valence-corrected chi connectivity index (χ2v) is 7.25. The third-order valence-electron chi connectivity index (χ3n) is 3.65. The molecule has 0 fully saturated rings. The van der Waals surface area contributed by atoms with Crippen LogP contribution in [-0.2, 0) is 10.0 Å². The number of aryl methyl sites for hydroxylation is 1. The van der Waals surface area contributed by atoms with Gasteiger partial charge in [0.25, 0.3) is 0 Å². The van der Waals surface area contributed by atoms with Crippen molar-refractivity contribution >= 4 is 10.0 Å². The van der Waals surface area contributed by atoms with Crippen LogP contribution in [0.1, 0.15) is 24.4 Å². The van der Waals surface area contributed by atoms with Gasteiger partial charge in [0.2, 0.25) is 10.0 Å². The number of para-hydroxylation sites is 1. The predicted molar refractivity (Wildman–Crippen MR) is 89.0 cm³/mol. The minimum absolute atomic E-state index is 0.0167. The number of aromatic nitrogens is 4. The van der Waals surface area contributed by atoms with Gasteiger partial charge >= 0.3 is 0 Å². The fourth-order valence-corrected chi connectivity index (χ4v) is 3.64. The van der Waals surface area contributed by atoms with Crippen LogP contribution >= 0.6 is 0 Å². The number of rotatable bonds is 5. The van der Waals surface area contributed by atoms with Gasteiger partial charge in [0.15, 0.2) is 5.82 Å². The molecule has 1 atom stereocenters. The average molecular weight is 361 g/mol. The summed E-state index contributed by atoms with van der Waals surface area (Å²) < 4.78 is 42.4. The van der Waals surface area contributed by atoms with Crippen molar-refractivity contribution in [2.45, 2.75) is 24.8 Å². The van der Waals surface area contributed by atoms with Gasteiger partial charge in [0.1, 0.15) is 5.82 Å². The molecule has 0 radical (unpaired) electrons. The first kappa shape index (κ1) is 17.2. The van der Waals surface area contributed by atoms with Crippen molar-refractivity contribution in [2.24, 2.45) is 0 Å². The Morgan fingerprint density at radius 2 is 1.88 bits per heavy atom. The number of halogens is 1. The Labute approximate surface area is 144 Å². The highest BCUT2D eigenvalue weighted by Gasteiger charge is 2.23. The number of tetrazole rings is 1. The fraction of sp³-hybridized carbons (Fsp3) is 0.188. The molecule has 1 N–H and O–H groups in total. The van der Waals surface area contributed by atoms with E-state index >= 15 is 0 Å². The van der Waals surface area contributed by atoms with E-state index in [-0.39, 0.29) is 10.5 Å². The Morgan fingerprint density at radius 3 is 2.56 bits per heavy atom. The summed E-state index contributed by atoms with van der Waals surface area (Å²) in [7, 11) is -3.85. The maximum absolute atomic E-state index is 13.4. The van der Waals surface area contributed by atoms with Gasteiger partial charge in [-0.2, -0.15) is 4.68 Å². The molecular weight excluding hydrogens is 345 g/mol. The summed E-state index contributed by atoms with van der Waals surface area (Å²) >= 11 is 0. The van der Waals surface area contributed by atoms with Gasteiger partial charge in [0.05, 0.1) is 16.6 Å². The Morgan fingerprint density at radius 1 is 1.16 bits per heavy atom. The molecule has 0 saturated carbocycles. The number of hydrogen-bond donors (Lipinski definition) is 1. The number of sulfonamides is 1. The molecule has 9 heteroatoms. The van der Waals surface area contributed by atoms with Crippen molar-refractivity contribution < 1.29 is 12.8 Å². The van der Waals surface area contributed by atoms with E-state index in [0.29, 0.717) is 11.5 Å². The molecular formula is C16H16FN5O2S. The zero-order valence-corrected chi connectivity index (χ0v) is 14.4. The first-order valence-corrected chi connectivity index (χ1v) is 8.99. The van der Waals surface area contributed by atoms with Crippen molar-refractivity contribution in [1.29, 1.82) is 0 Å². The summed E-state index contributed by atoms with van der Waals surface area (Å²) in [5, 5.41) is 11.5. The van der Waals surface area contributed by atoms with Crippen LogP contribution in [0.5, 0.6) is 0 Å². The summed E-state index contributed by atoms with van der Waals surface area (Å²) in [6, 6.07) is 12.1. The van der Waals surface area contributed by atoms with Crippen LogP contribution in [0.3, 0.4) is 0 Å². The highest BCUT2D eigenvalue weighted by molar-refractivity contribution is 7.89. The summed E-state index contributed by atoms with van der Waals surface area (Å²) in [5.74, 6) is -0.117. The molecule has 3 rings (SSSR count). The second kappa shape index (κ2) is 6.69. The third kappa shape index (κ3) is 3.57. The largest absolute Gasteiger partial charge is 0.241 e. The zero-order valence-electron chi connectivity index (χ0n) is 13.6.